The van der Waals surface area contributed by atoms with Crippen LogP contribution in [-0.2, 0) is 7.05 Å². The molecule has 0 aliphatic rings. The maximum atomic E-state index is 12.5. The van der Waals surface area contributed by atoms with Crippen LogP contribution < -0.4 is 5.32 Å². The molecule has 0 aromatic carbocycles. The smallest absolute Gasteiger partial charge is 0.267 e. The van der Waals surface area contributed by atoms with Crippen molar-refractivity contribution in [1.82, 2.24) is 29.4 Å². The van der Waals surface area contributed by atoms with E-state index in [9.17, 15) is 4.79 Å². The Kier molecular flexibility index (Phi) is 4.22. The van der Waals surface area contributed by atoms with Gasteiger partial charge in [-0.1, -0.05) is 0 Å². The van der Waals surface area contributed by atoms with Crippen molar-refractivity contribution in [1.29, 1.82) is 0 Å². The maximum absolute atomic E-state index is 12.5. The fourth-order valence-corrected chi connectivity index (χ4v) is 4.45. The number of fused-ring (bicyclic) bond motifs is 1. The third-order valence-electron chi connectivity index (χ3n) is 4.37. The largest absolute Gasteiger partial charge is 0.297 e. The quantitative estimate of drug-likeness (QED) is 0.476. The van der Waals surface area contributed by atoms with E-state index in [1.807, 2.05) is 49.4 Å². The predicted octanol–water partition coefficient (Wildman–Crippen LogP) is 3.88. The zero-order valence-electron chi connectivity index (χ0n) is 15.5. The number of amides is 1. The third kappa shape index (κ3) is 3.32. The van der Waals surface area contributed by atoms with Crippen molar-refractivity contribution < 1.29 is 4.79 Å². The van der Waals surface area contributed by atoms with E-state index >= 15 is 0 Å². The molecule has 0 spiro atoms. The van der Waals surface area contributed by atoms with E-state index in [0.29, 0.717) is 10.0 Å². The van der Waals surface area contributed by atoms with Crippen molar-refractivity contribution in [2.24, 2.45) is 7.05 Å². The van der Waals surface area contributed by atoms with Crippen LogP contribution >= 0.6 is 22.7 Å². The number of aromatic nitrogens is 6. The lowest BCUT2D eigenvalue weighted by atomic mass is 10.1. The van der Waals surface area contributed by atoms with Crippen LogP contribution in [0.2, 0.25) is 0 Å². The lowest BCUT2D eigenvalue weighted by Gasteiger charge is -2.00. The topological polar surface area (TPSA) is 90.0 Å². The molecule has 0 saturated heterocycles. The number of anilines is 1. The van der Waals surface area contributed by atoms with Crippen molar-refractivity contribution in [3.63, 3.8) is 0 Å². The summed E-state index contributed by atoms with van der Waals surface area (Å²) in [6.45, 7) is 1.90. The van der Waals surface area contributed by atoms with Crippen molar-refractivity contribution in [3.8, 4) is 22.3 Å². The minimum atomic E-state index is -0.168. The second-order valence-electron chi connectivity index (χ2n) is 6.52. The summed E-state index contributed by atoms with van der Waals surface area (Å²) in [5.41, 5.74) is 5.32. The first kappa shape index (κ1) is 17.7. The summed E-state index contributed by atoms with van der Waals surface area (Å²) >= 11 is 2.79. The fraction of sp³-hybridized carbons (Fsp3) is 0.105. The van der Waals surface area contributed by atoms with Crippen molar-refractivity contribution >= 4 is 39.4 Å². The van der Waals surface area contributed by atoms with E-state index in [1.165, 1.54) is 22.7 Å². The monoisotopic (exact) mass is 421 g/mol. The van der Waals surface area contributed by atoms with Crippen LogP contribution in [0, 0.1) is 6.92 Å². The molecule has 10 heteroatoms. The lowest BCUT2D eigenvalue weighted by Crippen LogP contribution is -2.09. The lowest BCUT2D eigenvalue weighted by molar-refractivity contribution is 0.103. The standard InChI is InChI=1S/C19H15N7OS2/c1-11-9-29-19(23-11)24-18(27)16-3-12(10-28-16)15-6-22-26-8-13(4-20-17(15)26)14-5-21-25(2)7-14/h3-10H,1-2H3,(H,23,24,27). The molecule has 5 aromatic heterocycles. The number of nitrogens with zero attached hydrogens (tertiary/aromatic N) is 6. The number of aryl methyl sites for hydroxylation is 2. The number of thiophene rings is 1. The maximum Gasteiger partial charge on any atom is 0.267 e. The molecule has 5 heterocycles. The fourth-order valence-electron chi connectivity index (χ4n) is 2.96. The van der Waals surface area contributed by atoms with Crippen LogP contribution in [0.15, 0.2) is 47.8 Å². The second kappa shape index (κ2) is 6.90. The Morgan fingerprint density at radius 2 is 1.90 bits per heavy atom. The first-order valence-electron chi connectivity index (χ1n) is 8.71. The van der Waals surface area contributed by atoms with Gasteiger partial charge < -0.3 is 0 Å². The van der Waals surface area contributed by atoms with E-state index < -0.39 is 0 Å². The van der Waals surface area contributed by atoms with Crippen LogP contribution in [0.4, 0.5) is 5.13 Å². The molecule has 144 valence electrons. The van der Waals surface area contributed by atoms with Crippen molar-refractivity contribution in [2.75, 3.05) is 5.32 Å². The molecule has 0 atom stereocenters. The number of carbonyl (C=O) groups is 1. The van der Waals surface area contributed by atoms with Gasteiger partial charge in [-0.25, -0.2) is 14.5 Å². The Balaban J connectivity index is 1.43. The Morgan fingerprint density at radius 3 is 2.66 bits per heavy atom. The van der Waals surface area contributed by atoms with Crippen LogP contribution in [-0.4, -0.2) is 35.3 Å². The first-order chi connectivity index (χ1) is 14.1. The number of hydrogen-bond acceptors (Lipinski definition) is 7. The summed E-state index contributed by atoms with van der Waals surface area (Å²) in [7, 11) is 1.88. The van der Waals surface area contributed by atoms with Gasteiger partial charge in [0.05, 0.1) is 23.0 Å². The SMILES string of the molecule is Cc1csc(NC(=O)c2cc(-c3cnn4cc(-c5cnn(C)c5)cnc34)cs2)n1. The molecule has 0 bridgehead atoms. The number of thiazole rings is 1. The summed E-state index contributed by atoms with van der Waals surface area (Å²) in [6, 6.07) is 1.86. The van der Waals surface area contributed by atoms with Crippen LogP contribution in [0.5, 0.6) is 0 Å². The van der Waals surface area contributed by atoms with E-state index in [1.54, 1.807) is 21.6 Å². The average Bonchev–Trinajstić information content (AvgIpc) is 3.47. The Bertz CT molecular complexity index is 1340. The normalized spacial score (nSPS) is 11.2. The van der Waals surface area contributed by atoms with Gasteiger partial charge >= 0.3 is 0 Å². The molecular weight excluding hydrogens is 406 g/mol. The first-order valence-corrected chi connectivity index (χ1v) is 10.5. The highest BCUT2D eigenvalue weighted by atomic mass is 32.1. The molecule has 0 aliphatic heterocycles. The summed E-state index contributed by atoms with van der Waals surface area (Å²) in [6.07, 6.45) is 9.22. The average molecular weight is 422 g/mol. The van der Waals surface area contributed by atoms with Gasteiger partial charge in [0.15, 0.2) is 10.8 Å². The molecule has 0 aliphatic carbocycles. The van der Waals surface area contributed by atoms with Gasteiger partial charge in [0.2, 0.25) is 0 Å². The number of hydrogen-bond donors (Lipinski definition) is 1. The molecule has 1 amide bonds. The molecular formula is C19H15N7OS2. The van der Waals surface area contributed by atoms with Crippen LogP contribution in [0.25, 0.3) is 27.9 Å². The second-order valence-corrected chi connectivity index (χ2v) is 8.29. The Morgan fingerprint density at radius 1 is 1.03 bits per heavy atom. The summed E-state index contributed by atoms with van der Waals surface area (Å²) in [4.78, 5) is 22.0. The van der Waals surface area contributed by atoms with Gasteiger partial charge in [-0.05, 0) is 23.9 Å². The third-order valence-corrected chi connectivity index (χ3v) is 6.17. The van der Waals surface area contributed by atoms with Gasteiger partial charge in [0, 0.05) is 47.7 Å². The van der Waals surface area contributed by atoms with Gasteiger partial charge in [0.25, 0.3) is 5.91 Å². The summed E-state index contributed by atoms with van der Waals surface area (Å²) < 4.78 is 3.49. The van der Waals surface area contributed by atoms with Gasteiger partial charge in [-0.2, -0.15) is 10.2 Å². The number of nitrogens with one attached hydrogen (secondary N) is 1. The Hall–Kier alpha value is -3.37. The van der Waals surface area contributed by atoms with E-state index in [2.05, 4.69) is 25.5 Å². The van der Waals surface area contributed by atoms with Crippen LogP contribution in [0.1, 0.15) is 15.4 Å². The zero-order chi connectivity index (χ0) is 20.0. The van der Waals surface area contributed by atoms with Crippen LogP contribution in [0.3, 0.4) is 0 Å². The van der Waals surface area contributed by atoms with Gasteiger partial charge in [-0.3, -0.25) is 14.8 Å². The van der Waals surface area contributed by atoms with Gasteiger partial charge in [-0.15, -0.1) is 22.7 Å². The molecule has 1 N–H and O–H groups in total. The molecule has 5 rings (SSSR count). The molecule has 8 nitrogen and oxygen atoms in total. The highest BCUT2D eigenvalue weighted by Crippen LogP contribution is 2.30. The van der Waals surface area contributed by atoms with E-state index in [4.69, 9.17) is 0 Å². The highest BCUT2D eigenvalue weighted by molar-refractivity contribution is 7.14. The van der Waals surface area contributed by atoms with Gasteiger partial charge in [0.1, 0.15) is 0 Å². The highest BCUT2D eigenvalue weighted by Gasteiger charge is 2.15. The summed E-state index contributed by atoms with van der Waals surface area (Å²) in [5, 5.41) is 15.9. The molecule has 5 aromatic rings. The molecule has 0 radical (unpaired) electrons. The Labute approximate surface area is 173 Å². The van der Waals surface area contributed by atoms with Crippen molar-refractivity contribution in [3.05, 3.63) is 58.4 Å². The zero-order valence-corrected chi connectivity index (χ0v) is 17.2. The minimum absolute atomic E-state index is 0.168. The summed E-state index contributed by atoms with van der Waals surface area (Å²) in [5.74, 6) is -0.168. The van der Waals surface area contributed by atoms with E-state index in [-0.39, 0.29) is 5.91 Å². The van der Waals surface area contributed by atoms with Crippen molar-refractivity contribution in [2.45, 2.75) is 6.92 Å². The number of carbonyl (C=O) groups excluding carboxylic acids is 1. The molecule has 29 heavy (non-hydrogen) atoms. The molecule has 0 unspecified atom stereocenters. The minimum Gasteiger partial charge on any atom is -0.297 e. The van der Waals surface area contributed by atoms with E-state index in [0.717, 1.165) is 33.6 Å². The number of rotatable bonds is 4. The predicted molar refractivity (Wildman–Crippen MR) is 113 cm³/mol. The molecule has 0 fully saturated rings. The molecule has 0 saturated carbocycles.